The van der Waals surface area contributed by atoms with Crippen molar-refractivity contribution in [2.45, 2.75) is 40.0 Å². The molecule has 0 N–H and O–H groups in total. The zero-order chi connectivity index (χ0) is 6.85. The highest BCUT2D eigenvalue weighted by Gasteiger charge is 2.25. The van der Waals surface area contributed by atoms with Crippen LogP contribution in [0.3, 0.4) is 0 Å². The fourth-order valence-corrected chi connectivity index (χ4v) is 2.16. The van der Waals surface area contributed by atoms with Crippen LogP contribution in [0.4, 0.5) is 0 Å². The molecule has 0 radical (unpaired) electrons. The molecular weight excluding hydrogens is 108 g/mol. The van der Waals surface area contributed by atoms with Gasteiger partial charge in [0.2, 0.25) is 0 Å². The molecule has 9 heavy (non-hydrogen) atoms. The SMILES string of the molecule is CC(C)C1CCC[C@H]1C. The summed E-state index contributed by atoms with van der Waals surface area (Å²) in [5.41, 5.74) is 0. The van der Waals surface area contributed by atoms with Crippen LogP contribution in [-0.2, 0) is 0 Å². The van der Waals surface area contributed by atoms with Gasteiger partial charge < -0.3 is 0 Å². The van der Waals surface area contributed by atoms with Gasteiger partial charge in [-0.25, -0.2) is 0 Å². The number of rotatable bonds is 1. The number of hydrogen-bond acceptors (Lipinski definition) is 0. The fraction of sp³-hybridized carbons (Fsp3) is 1.00. The molecule has 1 aliphatic carbocycles. The predicted molar refractivity (Wildman–Crippen MR) is 41.3 cm³/mol. The van der Waals surface area contributed by atoms with E-state index in [1.165, 1.54) is 19.3 Å². The Bertz CT molecular complexity index is 84.0. The van der Waals surface area contributed by atoms with Crippen molar-refractivity contribution in [2.75, 3.05) is 0 Å². The van der Waals surface area contributed by atoms with E-state index < -0.39 is 0 Å². The molecule has 2 atom stereocenters. The Kier molecular flexibility index (Phi) is 2.15. The maximum atomic E-state index is 2.40. The Balaban J connectivity index is 2.40. The van der Waals surface area contributed by atoms with E-state index >= 15 is 0 Å². The maximum absolute atomic E-state index is 2.40. The van der Waals surface area contributed by atoms with Gasteiger partial charge in [-0.1, -0.05) is 33.6 Å². The van der Waals surface area contributed by atoms with Gasteiger partial charge in [0, 0.05) is 0 Å². The lowest BCUT2D eigenvalue weighted by molar-refractivity contribution is 0.314. The van der Waals surface area contributed by atoms with Crippen LogP contribution in [0.25, 0.3) is 0 Å². The third kappa shape index (κ3) is 1.47. The van der Waals surface area contributed by atoms with Crippen molar-refractivity contribution in [1.29, 1.82) is 0 Å². The average Bonchev–Trinajstić information content (AvgIpc) is 2.13. The first-order chi connectivity index (χ1) is 4.22. The Morgan fingerprint density at radius 1 is 1.22 bits per heavy atom. The highest BCUT2D eigenvalue weighted by Crippen LogP contribution is 2.35. The van der Waals surface area contributed by atoms with Crippen molar-refractivity contribution in [1.82, 2.24) is 0 Å². The van der Waals surface area contributed by atoms with Crippen LogP contribution in [0.5, 0.6) is 0 Å². The van der Waals surface area contributed by atoms with Crippen LogP contribution in [0.15, 0.2) is 0 Å². The molecule has 1 unspecified atom stereocenters. The summed E-state index contributed by atoms with van der Waals surface area (Å²) >= 11 is 0. The largest absolute Gasteiger partial charge is 0.0625 e. The summed E-state index contributed by atoms with van der Waals surface area (Å²) in [7, 11) is 0. The van der Waals surface area contributed by atoms with Crippen LogP contribution >= 0.6 is 0 Å². The van der Waals surface area contributed by atoms with Gasteiger partial charge >= 0.3 is 0 Å². The lowest BCUT2D eigenvalue weighted by Gasteiger charge is -2.18. The summed E-state index contributed by atoms with van der Waals surface area (Å²) in [5.74, 6) is 2.96. The molecule has 0 aromatic heterocycles. The van der Waals surface area contributed by atoms with E-state index in [4.69, 9.17) is 0 Å². The van der Waals surface area contributed by atoms with Crippen LogP contribution in [0.1, 0.15) is 40.0 Å². The standard InChI is InChI=1S/C9H18/c1-7(2)9-6-4-5-8(9)3/h7-9H,4-6H2,1-3H3/t8-,9?/m1/s1. The van der Waals surface area contributed by atoms with Crippen LogP contribution in [0, 0.1) is 17.8 Å². The Hall–Kier alpha value is 0. The van der Waals surface area contributed by atoms with Gasteiger partial charge in [-0.15, -0.1) is 0 Å². The van der Waals surface area contributed by atoms with E-state index in [9.17, 15) is 0 Å². The smallest absolute Gasteiger partial charge is 0.0365 e. The van der Waals surface area contributed by atoms with Gasteiger partial charge in [0.25, 0.3) is 0 Å². The van der Waals surface area contributed by atoms with Crippen molar-refractivity contribution in [3.8, 4) is 0 Å². The Morgan fingerprint density at radius 3 is 2.11 bits per heavy atom. The minimum atomic E-state index is 0.919. The predicted octanol–water partition coefficient (Wildman–Crippen LogP) is 3.08. The van der Waals surface area contributed by atoms with Gasteiger partial charge in [-0.05, 0) is 24.2 Å². The van der Waals surface area contributed by atoms with E-state index in [2.05, 4.69) is 20.8 Å². The molecule has 1 aliphatic rings. The molecule has 0 bridgehead atoms. The lowest BCUT2D eigenvalue weighted by atomic mass is 9.87. The maximum Gasteiger partial charge on any atom is -0.0365 e. The summed E-state index contributed by atoms with van der Waals surface area (Å²) in [6, 6.07) is 0. The molecule has 0 aromatic carbocycles. The van der Waals surface area contributed by atoms with Gasteiger partial charge in [-0.3, -0.25) is 0 Å². The minimum absolute atomic E-state index is 0.919. The third-order valence-electron chi connectivity index (χ3n) is 2.78. The summed E-state index contributed by atoms with van der Waals surface area (Å²) in [5, 5.41) is 0. The first-order valence-electron chi connectivity index (χ1n) is 4.22. The van der Waals surface area contributed by atoms with Gasteiger partial charge in [0.1, 0.15) is 0 Å². The minimum Gasteiger partial charge on any atom is -0.0625 e. The second-order valence-electron chi connectivity index (χ2n) is 3.82. The van der Waals surface area contributed by atoms with Crippen LogP contribution in [0.2, 0.25) is 0 Å². The van der Waals surface area contributed by atoms with Gasteiger partial charge in [-0.2, -0.15) is 0 Å². The molecular formula is C9H18. The fourth-order valence-electron chi connectivity index (χ4n) is 2.16. The number of hydrogen-bond donors (Lipinski definition) is 0. The summed E-state index contributed by atoms with van der Waals surface area (Å²) in [6.45, 7) is 7.11. The zero-order valence-corrected chi connectivity index (χ0v) is 6.85. The Morgan fingerprint density at radius 2 is 1.89 bits per heavy atom. The molecule has 0 heteroatoms. The Labute approximate surface area is 58.7 Å². The normalized spacial score (nSPS) is 36.0. The molecule has 1 fully saturated rings. The molecule has 54 valence electrons. The molecule has 0 spiro atoms. The van der Waals surface area contributed by atoms with Gasteiger partial charge in [0.05, 0.1) is 0 Å². The molecule has 0 saturated heterocycles. The first-order valence-corrected chi connectivity index (χ1v) is 4.22. The van der Waals surface area contributed by atoms with Crippen molar-refractivity contribution < 1.29 is 0 Å². The topological polar surface area (TPSA) is 0 Å². The average molecular weight is 126 g/mol. The lowest BCUT2D eigenvalue weighted by Crippen LogP contribution is -2.10. The highest BCUT2D eigenvalue weighted by molar-refractivity contribution is 4.75. The molecule has 0 aromatic rings. The molecule has 0 aliphatic heterocycles. The second-order valence-corrected chi connectivity index (χ2v) is 3.82. The van der Waals surface area contributed by atoms with Crippen LogP contribution < -0.4 is 0 Å². The van der Waals surface area contributed by atoms with E-state index in [0.29, 0.717) is 0 Å². The molecule has 0 amide bonds. The summed E-state index contributed by atoms with van der Waals surface area (Å²) < 4.78 is 0. The molecule has 0 nitrogen and oxygen atoms in total. The van der Waals surface area contributed by atoms with E-state index in [0.717, 1.165) is 17.8 Å². The second kappa shape index (κ2) is 2.72. The van der Waals surface area contributed by atoms with Crippen molar-refractivity contribution in [3.63, 3.8) is 0 Å². The van der Waals surface area contributed by atoms with E-state index in [1.54, 1.807) is 0 Å². The van der Waals surface area contributed by atoms with E-state index in [1.807, 2.05) is 0 Å². The summed E-state index contributed by atoms with van der Waals surface area (Å²) in [6.07, 6.45) is 4.44. The zero-order valence-electron chi connectivity index (χ0n) is 6.85. The van der Waals surface area contributed by atoms with Gasteiger partial charge in [0.15, 0.2) is 0 Å². The first kappa shape index (κ1) is 7.11. The monoisotopic (exact) mass is 126 g/mol. The molecule has 1 rings (SSSR count). The quantitative estimate of drug-likeness (QED) is 0.506. The van der Waals surface area contributed by atoms with E-state index in [-0.39, 0.29) is 0 Å². The highest BCUT2D eigenvalue weighted by atomic mass is 14.3. The molecule has 0 heterocycles. The molecule has 1 saturated carbocycles. The van der Waals surface area contributed by atoms with Crippen molar-refractivity contribution in [3.05, 3.63) is 0 Å². The van der Waals surface area contributed by atoms with Crippen molar-refractivity contribution >= 4 is 0 Å². The van der Waals surface area contributed by atoms with Crippen molar-refractivity contribution in [2.24, 2.45) is 17.8 Å². The summed E-state index contributed by atoms with van der Waals surface area (Å²) in [4.78, 5) is 0. The third-order valence-corrected chi connectivity index (χ3v) is 2.78. The van der Waals surface area contributed by atoms with Crippen LogP contribution in [-0.4, -0.2) is 0 Å².